The summed E-state index contributed by atoms with van der Waals surface area (Å²) in [6, 6.07) is 4.82. The number of aromatic nitrogens is 1. The Balaban J connectivity index is 2.24. The predicted octanol–water partition coefficient (Wildman–Crippen LogP) is 2.97. The molecule has 1 aliphatic heterocycles. The van der Waals surface area contributed by atoms with Gasteiger partial charge in [-0.15, -0.1) is 0 Å². The zero-order valence-corrected chi connectivity index (χ0v) is 10.6. The van der Waals surface area contributed by atoms with Crippen LogP contribution in [0.1, 0.15) is 19.4 Å². The van der Waals surface area contributed by atoms with Gasteiger partial charge in [0, 0.05) is 29.7 Å². The quantitative estimate of drug-likeness (QED) is 0.837. The van der Waals surface area contributed by atoms with Crippen LogP contribution >= 0.6 is 0 Å². The zero-order valence-electron chi connectivity index (χ0n) is 10.6. The molecule has 3 nitrogen and oxygen atoms in total. The van der Waals surface area contributed by atoms with E-state index in [0.29, 0.717) is 0 Å². The first-order valence-corrected chi connectivity index (χ1v) is 5.95. The Bertz CT molecular complexity index is 657. The van der Waals surface area contributed by atoms with Gasteiger partial charge >= 0.3 is 0 Å². The Morgan fingerprint density at radius 2 is 2.17 bits per heavy atom. The van der Waals surface area contributed by atoms with Gasteiger partial charge in [-0.05, 0) is 32.0 Å². The van der Waals surface area contributed by atoms with Gasteiger partial charge in [0.1, 0.15) is 11.6 Å². The van der Waals surface area contributed by atoms with Crippen LogP contribution in [-0.4, -0.2) is 10.8 Å². The fourth-order valence-electron chi connectivity index (χ4n) is 2.48. The second kappa shape index (κ2) is 3.77. The molecule has 1 atom stereocenters. The van der Waals surface area contributed by atoms with E-state index in [-0.39, 0.29) is 12.0 Å². The molecule has 4 heteroatoms. The summed E-state index contributed by atoms with van der Waals surface area (Å²) in [4.78, 5) is 0. The number of benzene rings is 1. The Morgan fingerprint density at radius 1 is 1.39 bits per heavy atom. The summed E-state index contributed by atoms with van der Waals surface area (Å²) >= 11 is 0. The first-order valence-electron chi connectivity index (χ1n) is 5.95. The van der Waals surface area contributed by atoms with Crippen molar-refractivity contribution in [1.82, 2.24) is 9.88 Å². The molecule has 0 bridgehead atoms. The number of allylic oxidation sites excluding steroid dienone is 1. The minimum Gasteiger partial charge on any atom is -0.469 e. The molecule has 0 saturated carbocycles. The van der Waals surface area contributed by atoms with Gasteiger partial charge in [-0.25, -0.2) is 4.39 Å². The van der Waals surface area contributed by atoms with Crippen LogP contribution in [0.2, 0.25) is 0 Å². The number of aryl methyl sites for hydroxylation is 1. The highest BCUT2D eigenvalue weighted by molar-refractivity contribution is 5.92. The van der Waals surface area contributed by atoms with E-state index in [1.54, 1.807) is 12.1 Å². The lowest BCUT2D eigenvalue weighted by atomic mass is 10.1. The molecule has 2 heterocycles. The average molecular weight is 246 g/mol. The first kappa shape index (κ1) is 11.1. The molecule has 2 aromatic rings. The van der Waals surface area contributed by atoms with E-state index in [0.717, 1.165) is 27.9 Å². The van der Waals surface area contributed by atoms with Crippen molar-refractivity contribution in [3.63, 3.8) is 0 Å². The van der Waals surface area contributed by atoms with Gasteiger partial charge in [-0.3, -0.25) is 0 Å². The molecule has 94 valence electrons. The standard InChI is InChI=1S/C14H15FN2O/c1-8-14(18-9(2)16-8)12-7-17(3)13-5-4-10(15)6-11(12)13/h4-7,9,16H,1-3H3. The van der Waals surface area contributed by atoms with Crippen LogP contribution in [0.4, 0.5) is 4.39 Å². The number of halogens is 1. The minimum atomic E-state index is -0.229. The van der Waals surface area contributed by atoms with Gasteiger partial charge in [-0.1, -0.05) is 0 Å². The third-order valence-electron chi connectivity index (χ3n) is 3.25. The van der Waals surface area contributed by atoms with E-state index in [1.165, 1.54) is 6.07 Å². The monoisotopic (exact) mass is 246 g/mol. The molecule has 0 spiro atoms. The summed E-state index contributed by atoms with van der Waals surface area (Å²) in [5, 5.41) is 4.09. The summed E-state index contributed by atoms with van der Waals surface area (Å²) in [7, 11) is 1.95. The second-order valence-electron chi connectivity index (χ2n) is 4.67. The number of nitrogens with one attached hydrogen (secondary N) is 1. The highest BCUT2D eigenvalue weighted by Gasteiger charge is 2.22. The number of hydrogen-bond acceptors (Lipinski definition) is 2. The van der Waals surface area contributed by atoms with Gasteiger partial charge in [0.15, 0.2) is 6.23 Å². The highest BCUT2D eigenvalue weighted by Crippen LogP contribution is 2.32. The largest absolute Gasteiger partial charge is 0.469 e. The summed E-state index contributed by atoms with van der Waals surface area (Å²) in [5.74, 6) is 0.575. The fourth-order valence-corrected chi connectivity index (χ4v) is 2.48. The lowest BCUT2D eigenvalue weighted by molar-refractivity contribution is 0.190. The number of hydrogen-bond donors (Lipinski definition) is 1. The molecule has 0 amide bonds. The summed E-state index contributed by atoms with van der Waals surface area (Å²) in [6.45, 7) is 3.92. The van der Waals surface area contributed by atoms with Crippen LogP contribution in [0.15, 0.2) is 30.1 Å². The van der Waals surface area contributed by atoms with E-state index in [4.69, 9.17) is 4.74 Å². The van der Waals surface area contributed by atoms with Crippen LogP contribution in [-0.2, 0) is 11.8 Å². The Hall–Kier alpha value is -1.97. The number of rotatable bonds is 1. The lowest BCUT2D eigenvalue weighted by Gasteiger charge is -2.06. The predicted molar refractivity (Wildman–Crippen MR) is 69.2 cm³/mol. The number of ether oxygens (including phenoxy) is 1. The number of fused-ring (bicyclic) bond motifs is 1. The van der Waals surface area contributed by atoms with Gasteiger partial charge in [0.25, 0.3) is 0 Å². The molecule has 0 fully saturated rings. The average Bonchev–Trinajstić information content (AvgIpc) is 2.79. The van der Waals surface area contributed by atoms with Crippen LogP contribution in [0.25, 0.3) is 16.7 Å². The van der Waals surface area contributed by atoms with Gasteiger partial charge in [0.2, 0.25) is 0 Å². The Kier molecular flexibility index (Phi) is 2.33. The normalized spacial score (nSPS) is 19.2. The molecule has 1 unspecified atom stereocenters. The third kappa shape index (κ3) is 1.56. The third-order valence-corrected chi connectivity index (χ3v) is 3.25. The molecule has 1 aromatic carbocycles. The number of nitrogens with zero attached hydrogens (tertiary/aromatic N) is 1. The van der Waals surface area contributed by atoms with E-state index >= 15 is 0 Å². The minimum absolute atomic E-state index is 0.0381. The topological polar surface area (TPSA) is 26.2 Å². The summed E-state index contributed by atoms with van der Waals surface area (Å²) < 4.78 is 21.1. The van der Waals surface area contributed by atoms with E-state index in [1.807, 2.05) is 31.7 Å². The van der Waals surface area contributed by atoms with Crippen molar-refractivity contribution in [3.8, 4) is 0 Å². The molecule has 0 saturated heterocycles. The molecular weight excluding hydrogens is 231 g/mol. The van der Waals surface area contributed by atoms with E-state index < -0.39 is 0 Å². The molecular formula is C14H15FN2O. The van der Waals surface area contributed by atoms with Crippen molar-refractivity contribution in [2.45, 2.75) is 20.1 Å². The second-order valence-corrected chi connectivity index (χ2v) is 4.67. The smallest absolute Gasteiger partial charge is 0.167 e. The van der Waals surface area contributed by atoms with Crippen molar-refractivity contribution in [1.29, 1.82) is 0 Å². The molecule has 3 rings (SSSR count). The molecule has 1 aliphatic rings. The maximum atomic E-state index is 13.4. The molecule has 0 aliphatic carbocycles. The van der Waals surface area contributed by atoms with E-state index in [9.17, 15) is 4.39 Å². The summed E-state index contributed by atoms with van der Waals surface area (Å²) in [5.41, 5.74) is 2.91. The Labute approximate surface area is 105 Å². The molecule has 18 heavy (non-hydrogen) atoms. The van der Waals surface area contributed by atoms with Crippen LogP contribution < -0.4 is 5.32 Å². The molecule has 0 radical (unpaired) electrons. The highest BCUT2D eigenvalue weighted by atomic mass is 19.1. The van der Waals surface area contributed by atoms with Crippen molar-refractivity contribution in [3.05, 3.63) is 41.5 Å². The summed E-state index contributed by atoms with van der Waals surface area (Å²) in [6.07, 6.45) is 1.94. The molecule has 1 N–H and O–H groups in total. The zero-order chi connectivity index (χ0) is 12.9. The van der Waals surface area contributed by atoms with Crippen LogP contribution in [0.5, 0.6) is 0 Å². The maximum absolute atomic E-state index is 13.4. The SMILES string of the molecule is CC1=C(c2cn(C)c3ccc(F)cc23)OC(C)N1. The van der Waals surface area contributed by atoms with Crippen LogP contribution in [0, 0.1) is 5.82 Å². The Morgan fingerprint density at radius 3 is 2.83 bits per heavy atom. The lowest BCUT2D eigenvalue weighted by Crippen LogP contribution is -2.18. The van der Waals surface area contributed by atoms with Crippen molar-refractivity contribution < 1.29 is 9.13 Å². The first-order chi connectivity index (χ1) is 8.56. The van der Waals surface area contributed by atoms with E-state index in [2.05, 4.69) is 5.32 Å². The molecule has 1 aromatic heterocycles. The maximum Gasteiger partial charge on any atom is 0.167 e. The van der Waals surface area contributed by atoms with Crippen molar-refractivity contribution in [2.24, 2.45) is 7.05 Å². The van der Waals surface area contributed by atoms with Gasteiger partial charge in [-0.2, -0.15) is 0 Å². The van der Waals surface area contributed by atoms with Gasteiger partial charge in [0.05, 0.1) is 5.70 Å². The van der Waals surface area contributed by atoms with Crippen molar-refractivity contribution in [2.75, 3.05) is 0 Å². The van der Waals surface area contributed by atoms with Gasteiger partial charge < -0.3 is 14.6 Å². The fraction of sp³-hybridized carbons (Fsp3) is 0.286. The van der Waals surface area contributed by atoms with Crippen LogP contribution in [0.3, 0.4) is 0 Å². The van der Waals surface area contributed by atoms with Crippen molar-refractivity contribution >= 4 is 16.7 Å².